The van der Waals surface area contributed by atoms with Crippen molar-refractivity contribution >= 4 is 33.3 Å². The van der Waals surface area contributed by atoms with Crippen molar-refractivity contribution in [3.05, 3.63) is 40.0 Å². The lowest BCUT2D eigenvalue weighted by Crippen LogP contribution is -2.24. The zero-order valence-electron chi connectivity index (χ0n) is 10.6. The number of nitrogens with zero attached hydrogens (tertiary/aromatic N) is 2. The maximum absolute atomic E-state index is 11.4. The number of amides is 1. The van der Waals surface area contributed by atoms with Gasteiger partial charge in [0.15, 0.2) is 5.69 Å². The molecule has 2 heterocycles. The van der Waals surface area contributed by atoms with Crippen molar-refractivity contribution in [1.29, 1.82) is 0 Å². The van der Waals surface area contributed by atoms with Gasteiger partial charge in [0.1, 0.15) is 5.82 Å². The average Bonchev–Trinajstić information content (AvgIpc) is 2.78. The van der Waals surface area contributed by atoms with Gasteiger partial charge in [-0.2, -0.15) is 5.10 Å². The number of hydrogen-bond acceptors (Lipinski definition) is 4. The molecule has 1 aliphatic rings. The number of carbonyl (C=O) groups excluding carboxylic acids is 1. The first-order valence-electron chi connectivity index (χ1n) is 6.25. The Hall–Kier alpha value is -2.02. The fourth-order valence-corrected chi connectivity index (χ4v) is 3.03. The van der Waals surface area contributed by atoms with Crippen molar-refractivity contribution in [2.24, 2.45) is 5.73 Å². The minimum absolute atomic E-state index is 0.0660. The highest BCUT2D eigenvalue weighted by Crippen LogP contribution is 2.35. The Morgan fingerprint density at radius 1 is 1.40 bits per heavy atom. The van der Waals surface area contributed by atoms with Crippen LogP contribution in [0.2, 0.25) is 0 Å². The van der Waals surface area contributed by atoms with Gasteiger partial charge in [0.2, 0.25) is 0 Å². The minimum Gasteiger partial charge on any atom is -0.399 e. The second-order valence-corrected chi connectivity index (χ2v) is 5.51. The predicted octanol–water partition coefficient (Wildman–Crippen LogP) is 1.73. The quantitative estimate of drug-likeness (QED) is 0.727. The molecule has 0 bridgehead atoms. The fourth-order valence-electron chi connectivity index (χ4n) is 2.43. The molecule has 20 heavy (non-hydrogen) atoms. The second kappa shape index (κ2) is 4.82. The molecule has 5 N–H and O–H groups in total. The zero-order chi connectivity index (χ0) is 14.3. The van der Waals surface area contributed by atoms with Crippen molar-refractivity contribution in [2.75, 3.05) is 17.6 Å². The molecule has 1 unspecified atom stereocenters. The van der Waals surface area contributed by atoms with Crippen LogP contribution in [-0.2, 0) is 0 Å². The van der Waals surface area contributed by atoms with E-state index in [0.29, 0.717) is 4.47 Å². The number of nitrogen functional groups attached to an aromatic ring is 1. The predicted molar refractivity (Wildman–Crippen MR) is 80.5 cm³/mol. The van der Waals surface area contributed by atoms with Crippen LogP contribution in [0.1, 0.15) is 28.5 Å². The van der Waals surface area contributed by atoms with E-state index in [-0.39, 0.29) is 11.7 Å². The van der Waals surface area contributed by atoms with E-state index < -0.39 is 5.91 Å². The average molecular weight is 336 g/mol. The number of hydrogen-bond donors (Lipinski definition) is 3. The maximum Gasteiger partial charge on any atom is 0.270 e. The Kier molecular flexibility index (Phi) is 3.13. The van der Waals surface area contributed by atoms with E-state index in [1.165, 1.54) is 0 Å². The molecule has 2 aromatic rings. The molecular weight excluding hydrogens is 322 g/mol. The minimum atomic E-state index is -0.545. The summed E-state index contributed by atoms with van der Waals surface area (Å²) in [5.74, 6) is 0.239. The number of nitrogens with one attached hydrogen (secondary N) is 1. The van der Waals surface area contributed by atoms with E-state index in [0.717, 1.165) is 30.0 Å². The van der Waals surface area contributed by atoms with E-state index in [2.05, 4.69) is 26.3 Å². The zero-order valence-corrected chi connectivity index (χ0v) is 12.2. The summed E-state index contributed by atoms with van der Waals surface area (Å²) in [6, 6.07) is 7.76. The van der Waals surface area contributed by atoms with Crippen LogP contribution in [0.5, 0.6) is 0 Å². The van der Waals surface area contributed by atoms with Crippen LogP contribution in [0.25, 0.3) is 0 Å². The largest absolute Gasteiger partial charge is 0.399 e. The van der Waals surface area contributed by atoms with Gasteiger partial charge >= 0.3 is 0 Å². The smallest absolute Gasteiger partial charge is 0.270 e. The van der Waals surface area contributed by atoms with Crippen molar-refractivity contribution in [3.63, 3.8) is 0 Å². The maximum atomic E-state index is 11.4. The van der Waals surface area contributed by atoms with Crippen LogP contribution in [-0.4, -0.2) is 22.2 Å². The number of rotatable bonds is 2. The first-order chi connectivity index (χ1) is 9.58. The van der Waals surface area contributed by atoms with E-state index in [1.807, 2.05) is 24.3 Å². The van der Waals surface area contributed by atoms with Gasteiger partial charge in [-0.25, -0.2) is 4.68 Å². The topological polar surface area (TPSA) is 99.0 Å². The SMILES string of the molecule is NC(=O)c1nn2c(c1Br)NCCC2c1ccc(N)cc1. The van der Waals surface area contributed by atoms with Crippen molar-refractivity contribution < 1.29 is 4.79 Å². The molecule has 1 aromatic heterocycles. The molecule has 0 spiro atoms. The summed E-state index contributed by atoms with van der Waals surface area (Å²) in [5.41, 5.74) is 13.1. The van der Waals surface area contributed by atoms with Crippen LogP contribution in [0.4, 0.5) is 11.5 Å². The molecule has 104 valence electrons. The number of primary amides is 1. The lowest BCUT2D eigenvalue weighted by molar-refractivity contribution is 0.0994. The number of aromatic nitrogens is 2. The molecule has 0 fully saturated rings. The lowest BCUT2D eigenvalue weighted by Gasteiger charge is -2.26. The van der Waals surface area contributed by atoms with Crippen molar-refractivity contribution in [1.82, 2.24) is 9.78 Å². The molecule has 1 aliphatic heterocycles. The Morgan fingerprint density at radius 3 is 2.75 bits per heavy atom. The van der Waals surface area contributed by atoms with Crippen LogP contribution >= 0.6 is 15.9 Å². The highest BCUT2D eigenvalue weighted by atomic mass is 79.9. The Balaban J connectivity index is 2.08. The third kappa shape index (κ3) is 2.03. The van der Waals surface area contributed by atoms with Crippen molar-refractivity contribution in [3.8, 4) is 0 Å². The van der Waals surface area contributed by atoms with Crippen LogP contribution < -0.4 is 16.8 Å². The lowest BCUT2D eigenvalue weighted by atomic mass is 10.0. The summed E-state index contributed by atoms with van der Waals surface area (Å²) < 4.78 is 2.42. The summed E-state index contributed by atoms with van der Waals surface area (Å²) >= 11 is 3.38. The molecule has 1 aromatic carbocycles. The third-order valence-corrected chi connectivity index (χ3v) is 4.16. The molecule has 1 atom stereocenters. The van der Waals surface area contributed by atoms with E-state index in [1.54, 1.807) is 4.68 Å². The third-order valence-electron chi connectivity index (χ3n) is 3.41. The van der Waals surface area contributed by atoms with E-state index in [4.69, 9.17) is 11.5 Å². The van der Waals surface area contributed by atoms with Crippen LogP contribution in [0, 0.1) is 0 Å². The van der Waals surface area contributed by atoms with Gasteiger partial charge in [-0.1, -0.05) is 12.1 Å². The molecule has 0 radical (unpaired) electrons. The summed E-state index contributed by atoms with van der Waals surface area (Å²) in [4.78, 5) is 11.4. The van der Waals surface area contributed by atoms with Crippen molar-refractivity contribution in [2.45, 2.75) is 12.5 Å². The summed E-state index contributed by atoms with van der Waals surface area (Å²) in [5, 5.41) is 7.57. The van der Waals surface area contributed by atoms with Gasteiger partial charge in [-0.15, -0.1) is 0 Å². The summed E-state index contributed by atoms with van der Waals surface area (Å²) in [7, 11) is 0. The molecule has 6 nitrogen and oxygen atoms in total. The van der Waals surface area contributed by atoms with E-state index in [9.17, 15) is 4.79 Å². The van der Waals surface area contributed by atoms with Crippen LogP contribution in [0.15, 0.2) is 28.7 Å². The van der Waals surface area contributed by atoms with Gasteiger partial charge in [0, 0.05) is 12.2 Å². The number of carbonyl (C=O) groups is 1. The Labute approximate surface area is 124 Å². The number of anilines is 2. The van der Waals surface area contributed by atoms with Gasteiger partial charge in [0.25, 0.3) is 5.91 Å². The second-order valence-electron chi connectivity index (χ2n) is 4.72. The molecule has 7 heteroatoms. The standard InChI is InChI=1S/C13H14BrN5O/c14-10-11(12(16)20)18-19-9(5-6-17-13(10)19)7-1-3-8(15)4-2-7/h1-4,9,17H,5-6,15H2,(H2,16,20). The Morgan fingerprint density at radius 2 is 2.10 bits per heavy atom. The summed E-state index contributed by atoms with van der Waals surface area (Å²) in [6.07, 6.45) is 0.878. The molecular formula is C13H14BrN5O. The van der Waals surface area contributed by atoms with E-state index >= 15 is 0 Å². The normalized spacial score (nSPS) is 17.4. The monoisotopic (exact) mass is 335 g/mol. The number of fused-ring (bicyclic) bond motifs is 1. The highest BCUT2D eigenvalue weighted by molar-refractivity contribution is 9.10. The fraction of sp³-hybridized carbons (Fsp3) is 0.231. The van der Waals surface area contributed by atoms with Gasteiger partial charge in [-0.3, -0.25) is 4.79 Å². The number of halogens is 1. The first kappa shape index (κ1) is 13.0. The molecule has 0 saturated carbocycles. The van der Waals surface area contributed by atoms with Gasteiger partial charge in [-0.05, 0) is 40.0 Å². The molecule has 0 saturated heterocycles. The van der Waals surface area contributed by atoms with Gasteiger partial charge in [0.05, 0.1) is 10.5 Å². The first-order valence-corrected chi connectivity index (χ1v) is 7.04. The molecule has 3 rings (SSSR count). The molecule has 0 aliphatic carbocycles. The number of nitrogens with two attached hydrogens (primary N) is 2. The Bertz CT molecular complexity index is 664. The highest BCUT2D eigenvalue weighted by Gasteiger charge is 2.28. The van der Waals surface area contributed by atoms with Gasteiger partial charge < -0.3 is 16.8 Å². The molecule has 1 amide bonds. The summed E-state index contributed by atoms with van der Waals surface area (Å²) in [6.45, 7) is 0.803. The number of benzene rings is 1. The van der Waals surface area contributed by atoms with Crippen LogP contribution in [0.3, 0.4) is 0 Å².